The lowest BCUT2D eigenvalue weighted by Crippen LogP contribution is -2.30. The molecule has 1 aromatic heterocycles. The predicted molar refractivity (Wildman–Crippen MR) is 63.8 cm³/mol. The van der Waals surface area contributed by atoms with Gasteiger partial charge in [0.15, 0.2) is 0 Å². The van der Waals surface area contributed by atoms with Crippen molar-refractivity contribution < 1.29 is 18.4 Å². The lowest BCUT2D eigenvalue weighted by atomic mass is 9.96. The van der Waals surface area contributed by atoms with Crippen LogP contribution in [0, 0.1) is 0 Å². The highest BCUT2D eigenvalue weighted by molar-refractivity contribution is 6.31. The Labute approximate surface area is 109 Å². The summed E-state index contributed by atoms with van der Waals surface area (Å²) in [7, 11) is 0. The molecule has 1 aromatic rings. The molecule has 0 radical (unpaired) electrons. The molecule has 102 valence electrons. The van der Waals surface area contributed by atoms with Crippen LogP contribution in [0.15, 0.2) is 0 Å². The number of ketones is 2. The van der Waals surface area contributed by atoms with E-state index >= 15 is 0 Å². The highest BCUT2D eigenvalue weighted by Gasteiger charge is 2.57. The lowest BCUT2D eigenvalue weighted by molar-refractivity contribution is 0.0188. The van der Waals surface area contributed by atoms with Gasteiger partial charge in [-0.1, -0.05) is 27.7 Å². The van der Waals surface area contributed by atoms with Gasteiger partial charge in [0.2, 0.25) is 11.6 Å². The topological polar surface area (TPSA) is 59.9 Å². The third kappa shape index (κ3) is 1.77. The number of hydrogen-bond donors (Lipinski definition) is 0. The quantitative estimate of drug-likeness (QED) is 0.774. The van der Waals surface area contributed by atoms with E-state index in [1.807, 2.05) is 0 Å². The maximum absolute atomic E-state index is 13.7. The molecule has 1 heterocycles. The van der Waals surface area contributed by atoms with Crippen LogP contribution in [0.25, 0.3) is 0 Å². The number of carbonyl (C=O) groups is 2. The number of aromatic nitrogens is 2. The number of halogens is 2. The first kappa shape index (κ1) is 13.7. The van der Waals surface area contributed by atoms with Gasteiger partial charge in [0, 0.05) is 0 Å². The van der Waals surface area contributed by atoms with Gasteiger partial charge in [-0.25, -0.2) is 0 Å². The first-order valence-corrected chi connectivity index (χ1v) is 6.07. The molecule has 1 aliphatic rings. The van der Waals surface area contributed by atoms with Crippen molar-refractivity contribution in [2.45, 2.75) is 45.5 Å². The molecular weight excluding hydrogens is 254 g/mol. The zero-order valence-corrected chi connectivity index (χ0v) is 11.1. The number of nitrogens with zero attached hydrogens (tertiary/aromatic N) is 2. The average molecular weight is 268 g/mol. The number of Topliss-reactive ketones (excluding diaryl/α,β-unsaturated/α-hetero) is 2. The van der Waals surface area contributed by atoms with Gasteiger partial charge in [0.1, 0.15) is 0 Å². The van der Waals surface area contributed by atoms with Gasteiger partial charge >= 0.3 is 5.92 Å². The monoisotopic (exact) mass is 268 g/mol. The Kier molecular flexibility index (Phi) is 2.99. The van der Waals surface area contributed by atoms with Crippen LogP contribution in [0.4, 0.5) is 8.78 Å². The van der Waals surface area contributed by atoms with Crippen molar-refractivity contribution in [3.8, 4) is 0 Å². The summed E-state index contributed by atoms with van der Waals surface area (Å²) >= 11 is 0. The van der Waals surface area contributed by atoms with Crippen LogP contribution >= 0.6 is 0 Å². The fourth-order valence-electron chi connectivity index (χ4n) is 2.15. The first-order valence-electron chi connectivity index (χ1n) is 6.07. The van der Waals surface area contributed by atoms with Crippen LogP contribution < -0.4 is 0 Å². The summed E-state index contributed by atoms with van der Waals surface area (Å²) in [6.07, 6.45) is 0. The Morgan fingerprint density at radius 1 is 0.842 bits per heavy atom. The van der Waals surface area contributed by atoms with Crippen molar-refractivity contribution in [1.29, 1.82) is 0 Å². The SMILES string of the molecule is CC(C)c1nnc(C(C)C)c2c1C(=O)C(F)(F)C2=O. The number of carbonyl (C=O) groups excluding carboxylic acids is 2. The molecule has 0 bridgehead atoms. The molecule has 19 heavy (non-hydrogen) atoms. The maximum atomic E-state index is 13.7. The second-order valence-corrected chi connectivity index (χ2v) is 5.26. The van der Waals surface area contributed by atoms with E-state index in [2.05, 4.69) is 10.2 Å². The summed E-state index contributed by atoms with van der Waals surface area (Å²) in [5.41, 5.74) is -0.169. The van der Waals surface area contributed by atoms with E-state index in [9.17, 15) is 18.4 Å². The van der Waals surface area contributed by atoms with Crippen LogP contribution in [0.2, 0.25) is 0 Å². The summed E-state index contributed by atoms with van der Waals surface area (Å²) in [5.74, 6) is -7.40. The number of hydrogen-bond acceptors (Lipinski definition) is 4. The van der Waals surface area contributed by atoms with Gasteiger partial charge in [0.05, 0.1) is 22.5 Å². The largest absolute Gasteiger partial charge is 0.371 e. The average Bonchev–Trinajstić information content (AvgIpc) is 2.50. The molecule has 0 fully saturated rings. The Balaban J connectivity index is 2.83. The van der Waals surface area contributed by atoms with Gasteiger partial charge in [-0.15, -0.1) is 0 Å². The molecule has 0 spiro atoms. The van der Waals surface area contributed by atoms with Gasteiger partial charge in [-0.05, 0) is 11.8 Å². The van der Waals surface area contributed by atoms with E-state index in [1.54, 1.807) is 27.7 Å². The third-order valence-corrected chi connectivity index (χ3v) is 3.15. The molecule has 0 saturated heterocycles. The molecule has 0 unspecified atom stereocenters. The first-order chi connectivity index (χ1) is 8.69. The van der Waals surface area contributed by atoms with Crippen molar-refractivity contribution >= 4 is 11.6 Å². The Morgan fingerprint density at radius 3 is 1.42 bits per heavy atom. The molecule has 4 nitrogen and oxygen atoms in total. The van der Waals surface area contributed by atoms with E-state index < -0.39 is 17.5 Å². The maximum Gasteiger partial charge on any atom is 0.371 e. The molecule has 0 aliphatic heterocycles. The minimum Gasteiger partial charge on any atom is -0.287 e. The van der Waals surface area contributed by atoms with E-state index in [-0.39, 0.29) is 34.4 Å². The van der Waals surface area contributed by atoms with Crippen molar-refractivity contribution in [1.82, 2.24) is 10.2 Å². The summed E-state index contributed by atoms with van der Waals surface area (Å²) in [6, 6.07) is 0. The fourth-order valence-corrected chi connectivity index (χ4v) is 2.15. The van der Waals surface area contributed by atoms with Crippen LogP contribution in [0.1, 0.15) is 71.6 Å². The molecule has 0 amide bonds. The van der Waals surface area contributed by atoms with Crippen molar-refractivity contribution in [2.24, 2.45) is 0 Å². The molecule has 1 aliphatic carbocycles. The summed E-state index contributed by atoms with van der Waals surface area (Å²) in [5, 5.41) is 7.73. The molecule has 0 aromatic carbocycles. The summed E-state index contributed by atoms with van der Waals surface area (Å²) < 4.78 is 27.3. The van der Waals surface area contributed by atoms with Crippen LogP contribution in [-0.4, -0.2) is 27.7 Å². The third-order valence-electron chi connectivity index (χ3n) is 3.15. The zero-order valence-electron chi connectivity index (χ0n) is 11.1. The Hall–Kier alpha value is -1.72. The molecule has 6 heteroatoms. The van der Waals surface area contributed by atoms with E-state index in [0.717, 1.165) is 0 Å². The minimum atomic E-state index is -3.99. The molecular formula is C13H14F2N2O2. The second kappa shape index (κ2) is 4.15. The van der Waals surface area contributed by atoms with Gasteiger partial charge in [-0.3, -0.25) is 9.59 Å². The summed E-state index contributed by atoms with van der Waals surface area (Å²) in [6.45, 7) is 6.86. The highest BCUT2D eigenvalue weighted by Crippen LogP contribution is 2.39. The van der Waals surface area contributed by atoms with E-state index in [1.165, 1.54) is 0 Å². The van der Waals surface area contributed by atoms with Crippen molar-refractivity contribution in [2.75, 3.05) is 0 Å². The Morgan fingerprint density at radius 2 is 1.16 bits per heavy atom. The zero-order chi connectivity index (χ0) is 14.5. The van der Waals surface area contributed by atoms with E-state index in [0.29, 0.717) is 0 Å². The minimum absolute atomic E-state index is 0.162. The smallest absolute Gasteiger partial charge is 0.287 e. The van der Waals surface area contributed by atoms with Gasteiger partial charge < -0.3 is 0 Å². The molecule has 0 saturated carbocycles. The highest BCUT2D eigenvalue weighted by atomic mass is 19.3. The second-order valence-electron chi connectivity index (χ2n) is 5.26. The van der Waals surface area contributed by atoms with Gasteiger partial charge in [-0.2, -0.15) is 19.0 Å². The molecule has 2 rings (SSSR count). The lowest BCUT2D eigenvalue weighted by Gasteiger charge is -2.12. The van der Waals surface area contributed by atoms with Crippen LogP contribution in [0.5, 0.6) is 0 Å². The normalized spacial score (nSPS) is 17.5. The summed E-state index contributed by atoms with van der Waals surface area (Å²) in [4.78, 5) is 23.6. The standard InChI is InChI=1S/C13H14F2N2O2/c1-5(2)9-7-8(10(6(3)4)17-16-9)12(19)13(14,15)11(7)18/h5-6H,1-4H3. The fraction of sp³-hybridized carbons (Fsp3) is 0.538. The number of alkyl halides is 2. The van der Waals surface area contributed by atoms with Crippen molar-refractivity contribution in [3.05, 3.63) is 22.5 Å². The number of fused-ring (bicyclic) bond motifs is 1. The predicted octanol–water partition coefficient (Wildman–Crippen LogP) is 2.74. The molecule has 0 N–H and O–H groups in total. The van der Waals surface area contributed by atoms with Crippen LogP contribution in [0.3, 0.4) is 0 Å². The number of rotatable bonds is 2. The van der Waals surface area contributed by atoms with Gasteiger partial charge in [0.25, 0.3) is 0 Å². The van der Waals surface area contributed by atoms with Crippen LogP contribution in [-0.2, 0) is 0 Å². The Bertz CT molecular complexity index is 531. The molecule has 0 atom stereocenters. The van der Waals surface area contributed by atoms with Crippen molar-refractivity contribution in [3.63, 3.8) is 0 Å². The van der Waals surface area contributed by atoms with E-state index in [4.69, 9.17) is 0 Å².